The highest BCUT2D eigenvalue weighted by Gasteiger charge is 2.16. The molecule has 1 fully saturated rings. The Labute approximate surface area is 125 Å². The maximum absolute atomic E-state index is 6.14. The fourth-order valence-electron chi connectivity index (χ4n) is 2.50. The van der Waals surface area contributed by atoms with Crippen molar-refractivity contribution in [2.75, 3.05) is 19.6 Å². The van der Waals surface area contributed by atoms with E-state index >= 15 is 0 Å². The van der Waals surface area contributed by atoms with Crippen LogP contribution in [-0.4, -0.2) is 35.6 Å². The monoisotopic (exact) mass is 301 g/mol. The molecule has 0 spiro atoms. The molecule has 1 atom stereocenters. The van der Waals surface area contributed by atoms with Crippen molar-refractivity contribution in [3.05, 3.63) is 28.0 Å². The van der Waals surface area contributed by atoms with Gasteiger partial charge in [-0.1, -0.05) is 42.6 Å². The molecule has 1 aliphatic rings. The Bertz CT molecular complexity index is 406. The van der Waals surface area contributed by atoms with Crippen molar-refractivity contribution < 1.29 is 0 Å². The summed E-state index contributed by atoms with van der Waals surface area (Å²) in [5.41, 5.74) is 1.05. The van der Waals surface area contributed by atoms with Crippen LogP contribution in [0.2, 0.25) is 10.3 Å². The molecule has 5 heteroatoms. The molecule has 2 heterocycles. The van der Waals surface area contributed by atoms with E-state index < -0.39 is 0 Å². The number of nitrogens with zero attached hydrogens (tertiary/aromatic N) is 2. The minimum Gasteiger partial charge on any atom is -0.313 e. The Kier molecular flexibility index (Phi) is 5.89. The number of pyridine rings is 1. The quantitative estimate of drug-likeness (QED) is 0.845. The average Bonchev–Trinajstić information content (AvgIpc) is 2.42. The summed E-state index contributed by atoms with van der Waals surface area (Å²) >= 11 is 12.0. The molecule has 1 saturated heterocycles. The third-order valence-corrected chi connectivity index (χ3v) is 4.16. The molecule has 0 bridgehead atoms. The highest BCUT2D eigenvalue weighted by atomic mass is 35.5. The molecule has 1 N–H and O–H groups in total. The maximum atomic E-state index is 6.14. The van der Waals surface area contributed by atoms with E-state index in [0.717, 1.165) is 31.7 Å². The van der Waals surface area contributed by atoms with Crippen molar-refractivity contribution in [1.29, 1.82) is 0 Å². The lowest BCUT2D eigenvalue weighted by Gasteiger charge is -2.30. The second-order valence-corrected chi connectivity index (χ2v) is 5.80. The lowest BCUT2D eigenvalue weighted by Crippen LogP contribution is -2.43. The van der Waals surface area contributed by atoms with Crippen LogP contribution in [0.1, 0.15) is 31.7 Å². The van der Waals surface area contributed by atoms with Gasteiger partial charge in [-0.25, -0.2) is 4.98 Å². The molecular formula is C14H21Cl2N3. The topological polar surface area (TPSA) is 28.2 Å². The molecule has 0 aliphatic carbocycles. The van der Waals surface area contributed by atoms with E-state index in [9.17, 15) is 0 Å². The fourth-order valence-corrected chi connectivity index (χ4v) is 2.90. The number of piperidine rings is 1. The zero-order valence-corrected chi connectivity index (χ0v) is 12.8. The van der Waals surface area contributed by atoms with Crippen LogP contribution in [0.25, 0.3) is 0 Å². The van der Waals surface area contributed by atoms with Gasteiger partial charge in [0.2, 0.25) is 0 Å². The van der Waals surface area contributed by atoms with Crippen LogP contribution in [0, 0.1) is 0 Å². The largest absolute Gasteiger partial charge is 0.313 e. The van der Waals surface area contributed by atoms with Crippen LogP contribution in [0.3, 0.4) is 0 Å². The Balaban J connectivity index is 1.94. The van der Waals surface area contributed by atoms with Gasteiger partial charge in [0, 0.05) is 24.7 Å². The summed E-state index contributed by atoms with van der Waals surface area (Å²) < 4.78 is 0. The molecule has 0 amide bonds. The number of hydrogen-bond donors (Lipinski definition) is 1. The van der Waals surface area contributed by atoms with E-state index in [1.807, 2.05) is 6.07 Å². The minimum absolute atomic E-state index is 0.450. The standard InChI is InChI=1S/C14H21Cl2N3/c1-2-19(10-12-5-3-4-8-17-12)9-11-6-7-13(15)18-14(11)16/h6-7,12,17H,2-5,8-10H2,1H3. The summed E-state index contributed by atoms with van der Waals surface area (Å²) in [6.45, 7) is 6.23. The van der Waals surface area contributed by atoms with Crippen LogP contribution in [0.4, 0.5) is 0 Å². The van der Waals surface area contributed by atoms with Gasteiger partial charge < -0.3 is 5.32 Å². The normalized spacial score (nSPS) is 19.9. The molecule has 19 heavy (non-hydrogen) atoms. The Hall–Kier alpha value is -0.350. The van der Waals surface area contributed by atoms with Crippen LogP contribution in [0.5, 0.6) is 0 Å². The number of likely N-dealkylation sites (N-methyl/N-ethyl adjacent to an activating group) is 1. The molecule has 1 aromatic rings. The minimum atomic E-state index is 0.450. The SMILES string of the molecule is CCN(Cc1ccc(Cl)nc1Cl)CC1CCCCN1. The molecule has 2 rings (SSSR count). The number of aromatic nitrogens is 1. The van der Waals surface area contributed by atoms with Crippen LogP contribution in [0.15, 0.2) is 12.1 Å². The van der Waals surface area contributed by atoms with Crippen molar-refractivity contribution in [2.45, 2.75) is 38.8 Å². The van der Waals surface area contributed by atoms with Gasteiger partial charge in [-0.3, -0.25) is 4.90 Å². The second kappa shape index (κ2) is 7.44. The summed E-state index contributed by atoms with van der Waals surface area (Å²) in [5.74, 6) is 0. The smallest absolute Gasteiger partial charge is 0.135 e. The van der Waals surface area contributed by atoms with E-state index in [0.29, 0.717) is 16.3 Å². The van der Waals surface area contributed by atoms with Crippen molar-refractivity contribution in [2.24, 2.45) is 0 Å². The van der Waals surface area contributed by atoms with Crippen molar-refractivity contribution >= 4 is 23.2 Å². The zero-order chi connectivity index (χ0) is 13.7. The molecule has 0 radical (unpaired) electrons. The molecule has 1 aromatic heterocycles. The number of halogens is 2. The van der Waals surface area contributed by atoms with E-state index in [2.05, 4.69) is 22.1 Å². The lowest BCUT2D eigenvalue weighted by molar-refractivity contribution is 0.226. The molecule has 0 saturated carbocycles. The summed E-state index contributed by atoms with van der Waals surface area (Å²) in [7, 11) is 0. The van der Waals surface area contributed by atoms with Crippen molar-refractivity contribution in [3.63, 3.8) is 0 Å². The molecular weight excluding hydrogens is 281 g/mol. The third kappa shape index (κ3) is 4.60. The van der Waals surface area contributed by atoms with Gasteiger partial charge >= 0.3 is 0 Å². The van der Waals surface area contributed by atoms with E-state index in [1.54, 1.807) is 6.07 Å². The van der Waals surface area contributed by atoms with E-state index in [4.69, 9.17) is 23.2 Å². The number of nitrogens with one attached hydrogen (secondary N) is 1. The average molecular weight is 302 g/mol. The first-order valence-electron chi connectivity index (χ1n) is 6.95. The van der Waals surface area contributed by atoms with Gasteiger partial charge in [-0.15, -0.1) is 0 Å². The van der Waals surface area contributed by atoms with Crippen molar-refractivity contribution in [1.82, 2.24) is 15.2 Å². The summed E-state index contributed by atoms with van der Waals surface area (Å²) in [6.07, 6.45) is 3.90. The number of rotatable bonds is 5. The molecule has 106 valence electrons. The molecule has 1 aliphatic heterocycles. The first kappa shape index (κ1) is 15.0. The van der Waals surface area contributed by atoms with Gasteiger partial charge in [0.05, 0.1) is 0 Å². The first-order valence-corrected chi connectivity index (χ1v) is 7.71. The van der Waals surface area contributed by atoms with Gasteiger partial charge in [-0.2, -0.15) is 0 Å². The number of hydrogen-bond acceptors (Lipinski definition) is 3. The molecule has 3 nitrogen and oxygen atoms in total. The van der Waals surface area contributed by atoms with Crippen LogP contribution < -0.4 is 5.32 Å². The third-order valence-electron chi connectivity index (χ3n) is 3.62. The maximum Gasteiger partial charge on any atom is 0.135 e. The zero-order valence-electron chi connectivity index (χ0n) is 11.3. The Morgan fingerprint density at radius 2 is 2.21 bits per heavy atom. The highest BCUT2D eigenvalue weighted by Crippen LogP contribution is 2.19. The van der Waals surface area contributed by atoms with Gasteiger partial charge in [0.1, 0.15) is 10.3 Å². The fraction of sp³-hybridized carbons (Fsp3) is 0.643. The second-order valence-electron chi connectivity index (χ2n) is 5.06. The van der Waals surface area contributed by atoms with Crippen LogP contribution >= 0.6 is 23.2 Å². The summed E-state index contributed by atoms with van der Waals surface area (Å²) in [4.78, 5) is 6.50. The van der Waals surface area contributed by atoms with Crippen LogP contribution in [-0.2, 0) is 6.54 Å². The molecule has 0 aromatic carbocycles. The van der Waals surface area contributed by atoms with Gasteiger partial charge in [-0.05, 0) is 32.0 Å². The first-order chi connectivity index (χ1) is 9.19. The van der Waals surface area contributed by atoms with Gasteiger partial charge in [0.25, 0.3) is 0 Å². The lowest BCUT2D eigenvalue weighted by atomic mass is 10.0. The summed E-state index contributed by atoms with van der Waals surface area (Å²) in [6, 6.07) is 4.37. The predicted octanol–water partition coefficient (Wildman–Crippen LogP) is 3.35. The van der Waals surface area contributed by atoms with Crippen molar-refractivity contribution in [3.8, 4) is 0 Å². The Morgan fingerprint density at radius 3 is 2.84 bits per heavy atom. The highest BCUT2D eigenvalue weighted by molar-refractivity contribution is 6.32. The molecule has 1 unspecified atom stereocenters. The Morgan fingerprint density at radius 1 is 1.37 bits per heavy atom. The van der Waals surface area contributed by atoms with E-state index in [-0.39, 0.29) is 0 Å². The van der Waals surface area contributed by atoms with E-state index in [1.165, 1.54) is 19.3 Å². The predicted molar refractivity (Wildman–Crippen MR) is 80.8 cm³/mol. The van der Waals surface area contributed by atoms with Gasteiger partial charge in [0.15, 0.2) is 0 Å². The summed E-state index contributed by atoms with van der Waals surface area (Å²) in [5, 5.41) is 4.55.